The Balaban J connectivity index is 0.863. The standard InChI is InChI=1S/C38H50ClN3O8/c1-28-8-9-30(26-29(28)27-43)42-16-14-41(15-17-42)19-21-48-23-25-49-24-22-47-20-18-40-12-10-31(11-13-40)50-35-7-2-4-32(37(35)39)38(46)36-33(44)5-3-6-34(36)45/h2,4,7-9,26-27,31,36H,3,5-6,10-25H2,1H3. The molecule has 272 valence electrons. The first-order valence-corrected chi connectivity index (χ1v) is 18.3. The smallest absolute Gasteiger partial charge is 0.182 e. The summed E-state index contributed by atoms with van der Waals surface area (Å²) in [6.07, 6.45) is 3.48. The Hall–Kier alpha value is -3.19. The molecule has 50 heavy (non-hydrogen) atoms. The number of carbonyl (C=O) groups is 4. The van der Waals surface area contributed by atoms with Crippen LogP contribution in [0.5, 0.6) is 5.75 Å². The Morgan fingerprint density at radius 1 is 0.820 bits per heavy atom. The van der Waals surface area contributed by atoms with Gasteiger partial charge in [0.15, 0.2) is 17.3 Å². The number of ether oxygens (including phenoxy) is 4. The Kier molecular flexibility index (Phi) is 14.8. The molecule has 2 saturated heterocycles. The Morgan fingerprint density at radius 3 is 2.04 bits per heavy atom. The van der Waals surface area contributed by atoms with E-state index in [1.807, 2.05) is 19.1 Å². The van der Waals surface area contributed by atoms with Crippen molar-refractivity contribution >= 4 is 40.9 Å². The summed E-state index contributed by atoms with van der Waals surface area (Å²) in [5.74, 6) is -2.02. The molecule has 0 aromatic heterocycles. The van der Waals surface area contributed by atoms with Gasteiger partial charge in [0.05, 0.1) is 44.7 Å². The van der Waals surface area contributed by atoms with Gasteiger partial charge in [-0.05, 0) is 56.0 Å². The van der Waals surface area contributed by atoms with Gasteiger partial charge in [-0.25, -0.2) is 0 Å². The van der Waals surface area contributed by atoms with Crippen LogP contribution in [-0.4, -0.2) is 132 Å². The van der Waals surface area contributed by atoms with Gasteiger partial charge in [0.1, 0.15) is 24.1 Å². The van der Waals surface area contributed by atoms with Crippen LogP contribution < -0.4 is 9.64 Å². The number of piperidine rings is 1. The number of likely N-dealkylation sites (tertiary alicyclic amines) is 1. The van der Waals surface area contributed by atoms with E-state index in [-0.39, 0.29) is 41.1 Å². The number of nitrogens with zero attached hydrogens (tertiary/aromatic N) is 3. The van der Waals surface area contributed by atoms with E-state index in [0.29, 0.717) is 51.8 Å². The summed E-state index contributed by atoms with van der Waals surface area (Å²) in [5.41, 5.74) is 3.04. The minimum atomic E-state index is -1.25. The van der Waals surface area contributed by atoms with E-state index >= 15 is 0 Å². The van der Waals surface area contributed by atoms with Crippen LogP contribution in [0.1, 0.15) is 58.4 Å². The van der Waals surface area contributed by atoms with Crippen LogP contribution in [0.15, 0.2) is 36.4 Å². The van der Waals surface area contributed by atoms with Crippen LogP contribution in [0.2, 0.25) is 5.02 Å². The zero-order valence-electron chi connectivity index (χ0n) is 29.1. The molecule has 2 aromatic rings. The molecule has 2 aromatic carbocycles. The average molecular weight is 712 g/mol. The molecule has 0 N–H and O–H groups in total. The molecule has 1 aliphatic carbocycles. The van der Waals surface area contributed by atoms with Crippen molar-refractivity contribution in [2.24, 2.45) is 5.92 Å². The maximum Gasteiger partial charge on any atom is 0.182 e. The third-order valence-electron chi connectivity index (χ3n) is 9.78. The molecule has 0 radical (unpaired) electrons. The van der Waals surface area contributed by atoms with Crippen molar-refractivity contribution < 1.29 is 38.1 Å². The number of carbonyl (C=O) groups excluding carboxylic acids is 4. The van der Waals surface area contributed by atoms with Gasteiger partial charge in [-0.2, -0.15) is 0 Å². The first kappa shape index (κ1) is 38.1. The second-order valence-corrected chi connectivity index (χ2v) is 13.6. The molecular weight excluding hydrogens is 662 g/mol. The lowest BCUT2D eigenvalue weighted by Crippen LogP contribution is -2.47. The fourth-order valence-corrected chi connectivity index (χ4v) is 6.95. The van der Waals surface area contributed by atoms with Crippen molar-refractivity contribution in [1.29, 1.82) is 0 Å². The summed E-state index contributed by atoms with van der Waals surface area (Å²) in [4.78, 5) is 56.0. The van der Waals surface area contributed by atoms with Crippen LogP contribution in [0.3, 0.4) is 0 Å². The fraction of sp³-hybridized carbons (Fsp3) is 0.579. The Morgan fingerprint density at radius 2 is 1.42 bits per heavy atom. The molecule has 0 atom stereocenters. The largest absolute Gasteiger partial charge is 0.489 e. The summed E-state index contributed by atoms with van der Waals surface area (Å²) in [6, 6.07) is 11.0. The van der Waals surface area contributed by atoms with E-state index in [4.69, 9.17) is 30.5 Å². The van der Waals surface area contributed by atoms with E-state index in [0.717, 1.165) is 88.3 Å². The molecular formula is C38H50ClN3O8. The first-order valence-electron chi connectivity index (χ1n) is 17.9. The van der Waals surface area contributed by atoms with E-state index < -0.39 is 11.7 Å². The molecule has 12 heteroatoms. The number of hydrogen-bond acceptors (Lipinski definition) is 11. The third-order valence-corrected chi connectivity index (χ3v) is 10.2. The Bertz CT molecular complexity index is 1440. The van der Waals surface area contributed by atoms with E-state index in [1.54, 1.807) is 18.2 Å². The summed E-state index contributed by atoms with van der Waals surface area (Å²) in [7, 11) is 0. The van der Waals surface area contributed by atoms with Crippen molar-refractivity contribution in [3.8, 4) is 5.75 Å². The molecule has 3 aliphatic rings. The molecule has 5 rings (SSSR count). The number of hydrogen-bond donors (Lipinski definition) is 0. The highest BCUT2D eigenvalue weighted by Crippen LogP contribution is 2.33. The van der Waals surface area contributed by atoms with Crippen LogP contribution in [0.4, 0.5) is 5.69 Å². The third kappa shape index (κ3) is 10.7. The van der Waals surface area contributed by atoms with Crippen LogP contribution in [-0.2, 0) is 23.8 Å². The number of aldehydes is 1. The number of benzene rings is 2. The molecule has 0 spiro atoms. The fourth-order valence-electron chi connectivity index (χ4n) is 6.69. The lowest BCUT2D eigenvalue weighted by Gasteiger charge is -2.36. The summed E-state index contributed by atoms with van der Waals surface area (Å²) >= 11 is 6.56. The zero-order chi connectivity index (χ0) is 35.3. The van der Waals surface area contributed by atoms with E-state index in [2.05, 4.69) is 20.8 Å². The number of halogens is 1. The molecule has 1 saturated carbocycles. The molecule has 2 heterocycles. The normalized spacial score (nSPS) is 18.5. The predicted octanol–water partition coefficient (Wildman–Crippen LogP) is 4.30. The quantitative estimate of drug-likeness (QED) is 0.0955. The van der Waals surface area contributed by atoms with Crippen molar-refractivity contribution in [3.05, 3.63) is 58.1 Å². The maximum atomic E-state index is 13.1. The highest BCUT2D eigenvalue weighted by molar-refractivity contribution is 6.37. The number of anilines is 1. The number of rotatable bonds is 18. The molecule has 11 nitrogen and oxygen atoms in total. The van der Waals surface area contributed by atoms with Gasteiger partial charge in [-0.15, -0.1) is 0 Å². The van der Waals surface area contributed by atoms with Crippen molar-refractivity contribution in [3.63, 3.8) is 0 Å². The van der Waals surface area contributed by atoms with Gasteiger partial charge in [0.2, 0.25) is 0 Å². The van der Waals surface area contributed by atoms with Gasteiger partial charge in [0, 0.05) is 82.0 Å². The van der Waals surface area contributed by atoms with Crippen molar-refractivity contribution in [2.45, 2.75) is 45.1 Å². The maximum absolute atomic E-state index is 13.1. The lowest BCUT2D eigenvalue weighted by molar-refractivity contribution is -0.133. The van der Waals surface area contributed by atoms with Gasteiger partial charge < -0.3 is 28.7 Å². The highest BCUT2D eigenvalue weighted by atomic mass is 35.5. The molecule has 0 bridgehead atoms. The highest BCUT2D eigenvalue weighted by Gasteiger charge is 2.37. The zero-order valence-corrected chi connectivity index (χ0v) is 29.9. The summed E-state index contributed by atoms with van der Waals surface area (Å²) < 4.78 is 23.4. The van der Waals surface area contributed by atoms with Gasteiger partial charge in [-0.3, -0.25) is 24.1 Å². The lowest BCUT2D eigenvalue weighted by atomic mass is 9.81. The minimum Gasteiger partial charge on any atom is -0.489 e. The number of aryl methyl sites for hydroxylation is 1. The summed E-state index contributed by atoms with van der Waals surface area (Å²) in [5, 5.41) is 0.161. The average Bonchev–Trinajstić information content (AvgIpc) is 3.12. The second-order valence-electron chi connectivity index (χ2n) is 13.2. The van der Waals surface area contributed by atoms with Crippen LogP contribution in [0, 0.1) is 12.8 Å². The number of piperazine rings is 1. The van der Waals surface area contributed by atoms with Crippen LogP contribution in [0.25, 0.3) is 0 Å². The van der Waals surface area contributed by atoms with Crippen molar-refractivity contribution in [2.75, 3.05) is 96.9 Å². The topological polar surface area (TPSA) is 115 Å². The second kappa shape index (κ2) is 19.4. The molecule has 3 fully saturated rings. The van der Waals surface area contributed by atoms with E-state index in [9.17, 15) is 19.2 Å². The van der Waals surface area contributed by atoms with Crippen molar-refractivity contribution in [1.82, 2.24) is 9.80 Å². The van der Waals surface area contributed by atoms with Gasteiger partial charge >= 0.3 is 0 Å². The monoisotopic (exact) mass is 711 g/mol. The molecule has 0 amide bonds. The Labute approximate surface area is 300 Å². The molecule has 0 unspecified atom stereocenters. The number of Topliss-reactive ketones (excluding diaryl/α,β-unsaturated/α-hetero) is 3. The predicted molar refractivity (Wildman–Crippen MR) is 191 cm³/mol. The van der Waals surface area contributed by atoms with Gasteiger partial charge in [0.25, 0.3) is 0 Å². The SMILES string of the molecule is Cc1ccc(N2CCN(CCOCCOCCOCCN3CCC(Oc4cccc(C(=O)C5C(=O)CCCC5=O)c4Cl)CC3)CC2)cc1C=O. The summed E-state index contributed by atoms with van der Waals surface area (Å²) in [6.45, 7) is 12.6. The minimum absolute atomic E-state index is 0.0448. The molecule has 2 aliphatic heterocycles. The van der Waals surface area contributed by atoms with Gasteiger partial charge in [-0.1, -0.05) is 23.7 Å². The number of ketones is 3. The first-order chi connectivity index (χ1) is 24.3. The van der Waals surface area contributed by atoms with E-state index in [1.165, 1.54) is 0 Å². The van der Waals surface area contributed by atoms with Crippen LogP contribution >= 0.6 is 11.6 Å².